The van der Waals surface area contributed by atoms with Gasteiger partial charge in [-0.3, -0.25) is 4.99 Å². The summed E-state index contributed by atoms with van der Waals surface area (Å²) < 4.78 is 0. The van der Waals surface area contributed by atoms with E-state index in [1.54, 1.807) is 0 Å². The number of hydrogen-bond donors (Lipinski definition) is 0. The van der Waals surface area contributed by atoms with Gasteiger partial charge in [0.1, 0.15) is 6.07 Å². The van der Waals surface area contributed by atoms with E-state index in [9.17, 15) is 0 Å². The van der Waals surface area contributed by atoms with Gasteiger partial charge in [0.2, 0.25) is 0 Å². The van der Waals surface area contributed by atoms with Crippen molar-refractivity contribution in [3.8, 4) is 6.07 Å². The lowest BCUT2D eigenvalue weighted by Gasteiger charge is -1.83. The van der Waals surface area contributed by atoms with Crippen molar-refractivity contribution in [1.82, 2.24) is 0 Å². The molecule has 0 spiro atoms. The molecule has 10 heavy (non-hydrogen) atoms. The highest BCUT2D eigenvalue weighted by Gasteiger charge is 1.82. The third-order valence-corrected chi connectivity index (χ3v) is 0.811. The lowest BCUT2D eigenvalue weighted by atomic mass is 10.3. The molecule has 0 N–H and O–H groups in total. The van der Waals surface area contributed by atoms with E-state index in [0.29, 0.717) is 5.57 Å². The molecule has 2 nitrogen and oxygen atoms in total. The van der Waals surface area contributed by atoms with Crippen molar-refractivity contribution >= 4 is 5.71 Å². The maximum Gasteiger partial charge on any atom is 0.101 e. The molecule has 0 aromatic carbocycles. The Morgan fingerprint density at radius 3 is 2.50 bits per heavy atom. The average Bonchev–Trinajstić information content (AvgIpc) is 1.90. The van der Waals surface area contributed by atoms with Gasteiger partial charge in [-0.15, -0.1) is 0 Å². The van der Waals surface area contributed by atoms with E-state index in [0.717, 1.165) is 5.71 Å². The Morgan fingerprint density at radius 1 is 1.60 bits per heavy atom. The van der Waals surface area contributed by atoms with Gasteiger partial charge in [0.15, 0.2) is 0 Å². The van der Waals surface area contributed by atoms with Gasteiger partial charge in [-0.05, 0) is 13.8 Å². The fraction of sp³-hybridized carbons (Fsp3) is 0.250. The normalized spacial score (nSPS) is 9.90. The highest BCUT2D eigenvalue weighted by Crippen LogP contribution is 1.92. The fourth-order valence-electron chi connectivity index (χ4n) is 0.326. The van der Waals surface area contributed by atoms with Crippen LogP contribution in [0.4, 0.5) is 0 Å². The molecule has 0 aliphatic carbocycles. The van der Waals surface area contributed by atoms with Gasteiger partial charge in [-0.2, -0.15) is 5.26 Å². The molecule has 0 aromatic heterocycles. The van der Waals surface area contributed by atoms with Crippen LogP contribution in [0.25, 0.3) is 0 Å². The van der Waals surface area contributed by atoms with E-state index < -0.39 is 0 Å². The Hall–Kier alpha value is -1.36. The molecule has 0 unspecified atom stereocenters. The molecular weight excluding hydrogens is 124 g/mol. The van der Waals surface area contributed by atoms with Crippen LogP contribution in [0.3, 0.4) is 0 Å². The molecule has 0 rings (SSSR count). The Kier molecular flexibility index (Phi) is 3.90. The van der Waals surface area contributed by atoms with Crippen molar-refractivity contribution in [1.29, 1.82) is 5.26 Å². The largest absolute Gasteiger partial charge is 0.265 e. The second-order valence-corrected chi connectivity index (χ2v) is 1.98. The van der Waals surface area contributed by atoms with Gasteiger partial charge < -0.3 is 0 Å². The second-order valence-electron chi connectivity index (χ2n) is 1.98. The molecule has 0 saturated heterocycles. The quantitative estimate of drug-likeness (QED) is 0.323. The first-order valence-corrected chi connectivity index (χ1v) is 2.94. The van der Waals surface area contributed by atoms with Gasteiger partial charge in [0.05, 0.1) is 5.57 Å². The summed E-state index contributed by atoms with van der Waals surface area (Å²) in [4.78, 5) is 3.93. The average molecular weight is 134 g/mol. The summed E-state index contributed by atoms with van der Waals surface area (Å²) in [7, 11) is 0. The SMILES string of the molecule is C=C/C(C#N)=C\N=C(C)C. The van der Waals surface area contributed by atoms with Gasteiger partial charge in [-0.1, -0.05) is 12.7 Å². The molecule has 0 fully saturated rings. The van der Waals surface area contributed by atoms with Crippen LogP contribution in [0, 0.1) is 11.3 Å². The molecule has 0 atom stereocenters. The van der Waals surface area contributed by atoms with Gasteiger partial charge >= 0.3 is 0 Å². The van der Waals surface area contributed by atoms with E-state index in [1.165, 1.54) is 12.3 Å². The zero-order chi connectivity index (χ0) is 7.98. The highest BCUT2D eigenvalue weighted by atomic mass is 14.7. The van der Waals surface area contributed by atoms with E-state index in [1.807, 2.05) is 19.9 Å². The lowest BCUT2D eigenvalue weighted by molar-refractivity contribution is 1.44. The molecule has 0 bridgehead atoms. The van der Waals surface area contributed by atoms with Crippen molar-refractivity contribution in [3.63, 3.8) is 0 Å². The van der Waals surface area contributed by atoms with Gasteiger partial charge in [0.25, 0.3) is 0 Å². The predicted octanol–water partition coefficient (Wildman–Crippen LogP) is 2.06. The molecule has 0 aliphatic heterocycles. The maximum atomic E-state index is 8.38. The third kappa shape index (κ3) is 3.62. The Morgan fingerprint density at radius 2 is 2.20 bits per heavy atom. The topological polar surface area (TPSA) is 36.1 Å². The first kappa shape index (κ1) is 8.64. The Labute approximate surface area is 61.2 Å². The van der Waals surface area contributed by atoms with Crippen LogP contribution >= 0.6 is 0 Å². The minimum atomic E-state index is 0.487. The molecule has 0 radical (unpaired) electrons. The monoisotopic (exact) mass is 134 g/mol. The van der Waals surface area contributed by atoms with Crippen LogP contribution in [0.1, 0.15) is 13.8 Å². The van der Waals surface area contributed by atoms with Crippen molar-refractivity contribution in [2.24, 2.45) is 4.99 Å². The first-order valence-electron chi connectivity index (χ1n) is 2.94. The number of rotatable bonds is 2. The molecule has 2 heteroatoms. The van der Waals surface area contributed by atoms with Crippen LogP contribution in [0.5, 0.6) is 0 Å². The molecule has 52 valence electrons. The number of hydrogen-bond acceptors (Lipinski definition) is 2. The zero-order valence-electron chi connectivity index (χ0n) is 6.26. The Balaban J connectivity index is 4.31. The fourth-order valence-corrected chi connectivity index (χ4v) is 0.326. The molecular formula is C8H10N2. The van der Waals surface area contributed by atoms with Gasteiger partial charge in [0, 0.05) is 11.9 Å². The summed E-state index contributed by atoms with van der Waals surface area (Å²) in [5.74, 6) is 0. The number of allylic oxidation sites excluding steroid dienone is 2. The van der Waals surface area contributed by atoms with Crippen LogP contribution in [-0.4, -0.2) is 5.71 Å². The summed E-state index contributed by atoms with van der Waals surface area (Å²) in [6.07, 6.45) is 2.98. The van der Waals surface area contributed by atoms with E-state index in [4.69, 9.17) is 5.26 Å². The third-order valence-electron chi connectivity index (χ3n) is 0.811. The first-order chi connectivity index (χ1) is 4.70. The van der Waals surface area contributed by atoms with E-state index in [-0.39, 0.29) is 0 Å². The lowest BCUT2D eigenvalue weighted by Crippen LogP contribution is -1.77. The molecule has 0 heterocycles. The van der Waals surface area contributed by atoms with Gasteiger partial charge in [-0.25, -0.2) is 0 Å². The summed E-state index contributed by atoms with van der Waals surface area (Å²) >= 11 is 0. The maximum absolute atomic E-state index is 8.38. The Bertz CT molecular complexity index is 212. The summed E-state index contributed by atoms with van der Waals surface area (Å²) in [6, 6.07) is 1.94. The molecule has 0 aromatic rings. The summed E-state index contributed by atoms with van der Waals surface area (Å²) in [6.45, 7) is 7.19. The van der Waals surface area contributed by atoms with Crippen molar-refractivity contribution in [3.05, 3.63) is 24.4 Å². The molecule has 0 saturated carbocycles. The van der Waals surface area contributed by atoms with Crippen LogP contribution in [-0.2, 0) is 0 Å². The molecule has 0 aliphatic rings. The number of nitriles is 1. The van der Waals surface area contributed by atoms with Crippen molar-refractivity contribution in [2.45, 2.75) is 13.8 Å². The smallest absolute Gasteiger partial charge is 0.101 e. The second kappa shape index (κ2) is 4.51. The van der Waals surface area contributed by atoms with Crippen molar-refractivity contribution < 1.29 is 0 Å². The minimum absolute atomic E-state index is 0.487. The zero-order valence-corrected chi connectivity index (χ0v) is 6.26. The summed E-state index contributed by atoms with van der Waals surface area (Å²) in [5.41, 5.74) is 1.41. The standard InChI is InChI=1S/C8H10N2/c1-4-8(5-9)6-10-7(2)3/h4,6H,1H2,2-3H3/b8-6+. The minimum Gasteiger partial charge on any atom is -0.265 e. The predicted molar refractivity (Wildman–Crippen MR) is 42.7 cm³/mol. The van der Waals surface area contributed by atoms with Crippen LogP contribution < -0.4 is 0 Å². The molecule has 0 amide bonds. The van der Waals surface area contributed by atoms with E-state index >= 15 is 0 Å². The van der Waals surface area contributed by atoms with Crippen LogP contribution in [0.15, 0.2) is 29.4 Å². The van der Waals surface area contributed by atoms with E-state index in [2.05, 4.69) is 11.6 Å². The number of nitrogens with zero attached hydrogens (tertiary/aromatic N) is 2. The highest BCUT2D eigenvalue weighted by molar-refractivity contribution is 5.79. The number of aliphatic imine (C=N–C) groups is 1. The van der Waals surface area contributed by atoms with Crippen molar-refractivity contribution in [2.75, 3.05) is 0 Å². The summed E-state index contributed by atoms with van der Waals surface area (Å²) in [5, 5.41) is 8.38. The van der Waals surface area contributed by atoms with Crippen LogP contribution in [0.2, 0.25) is 0 Å².